The van der Waals surface area contributed by atoms with Gasteiger partial charge in [0, 0.05) is 24.9 Å². The number of imidazole rings is 1. The summed E-state index contributed by atoms with van der Waals surface area (Å²) < 4.78 is 12.9. The Morgan fingerprint density at radius 1 is 1.29 bits per heavy atom. The minimum atomic E-state index is -0.498. The highest BCUT2D eigenvalue weighted by molar-refractivity contribution is 5.67. The highest BCUT2D eigenvalue weighted by Crippen LogP contribution is 2.23. The molecular weight excluding hydrogens is 306 g/mol. The van der Waals surface area contributed by atoms with Crippen LogP contribution < -0.4 is 10.1 Å². The quantitative estimate of drug-likeness (QED) is 0.882. The zero-order chi connectivity index (χ0) is 17.6. The van der Waals surface area contributed by atoms with Crippen LogP contribution in [0.1, 0.15) is 33.4 Å². The predicted octanol–water partition coefficient (Wildman–Crippen LogP) is 3.34. The second-order valence-corrected chi connectivity index (χ2v) is 6.33. The molecule has 130 valence electrons. The number of nitrogens with zero attached hydrogens (tertiary/aromatic N) is 2. The van der Waals surface area contributed by atoms with Crippen LogP contribution in [-0.4, -0.2) is 34.4 Å². The highest BCUT2D eigenvalue weighted by atomic mass is 16.6. The first-order chi connectivity index (χ1) is 11.4. The third kappa shape index (κ3) is 5.01. The van der Waals surface area contributed by atoms with Gasteiger partial charge < -0.3 is 14.8 Å². The first kappa shape index (κ1) is 17.8. The van der Waals surface area contributed by atoms with Gasteiger partial charge in [-0.2, -0.15) is 0 Å². The lowest BCUT2D eigenvalue weighted by Gasteiger charge is -2.19. The molecule has 0 aliphatic heterocycles. The van der Waals surface area contributed by atoms with E-state index in [0.29, 0.717) is 19.6 Å². The largest absolute Gasteiger partial charge is 0.492 e. The molecule has 6 heteroatoms. The van der Waals surface area contributed by atoms with Gasteiger partial charge in [-0.1, -0.05) is 12.1 Å². The van der Waals surface area contributed by atoms with E-state index in [-0.39, 0.29) is 0 Å². The minimum Gasteiger partial charge on any atom is -0.492 e. The lowest BCUT2D eigenvalue weighted by Crippen LogP contribution is -2.33. The summed E-state index contributed by atoms with van der Waals surface area (Å²) in [5.74, 6) is 0.805. The van der Waals surface area contributed by atoms with Crippen LogP contribution in [0.3, 0.4) is 0 Å². The fourth-order valence-electron chi connectivity index (χ4n) is 2.26. The predicted molar refractivity (Wildman–Crippen MR) is 92.7 cm³/mol. The van der Waals surface area contributed by atoms with Crippen LogP contribution in [-0.2, 0) is 11.2 Å². The van der Waals surface area contributed by atoms with E-state index < -0.39 is 11.7 Å². The maximum Gasteiger partial charge on any atom is 0.407 e. The number of alkyl carbamates (subject to hydrolysis) is 1. The molecule has 2 aromatic rings. The Hall–Kier alpha value is -2.50. The van der Waals surface area contributed by atoms with Gasteiger partial charge in [0.25, 0.3) is 0 Å². The fraction of sp³-hybridized carbons (Fsp3) is 0.444. The Labute approximate surface area is 142 Å². The second kappa shape index (κ2) is 7.86. The summed E-state index contributed by atoms with van der Waals surface area (Å²) in [6, 6.07) is 7.81. The van der Waals surface area contributed by atoms with Crippen molar-refractivity contribution in [2.75, 3.05) is 13.2 Å². The SMILES string of the molecule is CCOc1ccccc1-n1cncc1CCNC(=O)OC(C)(C)C. The van der Waals surface area contributed by atoms with E-state index in [4.69, 9.17) is 9.47 Å². The number of para-hydroxylation sites is 2. The van der Waals surface area contributed by atoms with Crippen molar-refractivity contribution in [1.82, 2.24) is 14.9 Å². The second-order valence-electron chi connectivity index (χ2n) is 6.33. The summed E-state index contributed by atoms with van der Waals surface area (Å²) in [6.07, 6.45) is 3.77. The summed E-state index contributed by atoms with van der Waals surface area (Å²) >= 11 is 0. The maximum atomic E-state index is 11.7. The van der Waals surface area contributed by atoms with Gasteiger partial charge in [-0.05, 0) is 39.8 Å². The molecule has 1 aromatic carbocycles. The fourth-order valence-corrected chi connectivity index (χ4v) is 2.26. The summed E-state index contributed by atoms with van der Waals surface area (Å²) in [4.78, 5) is 15.9. The Morgan fingerprint density at radius 2 is 2.04 bits per heavy atom. The Bertz CT molecular complexity index is 674. The third-order valence-corrected chi connectivity index (χ3v) is 3.19. The van der Waals surface area contributed by atoms with Gasteiger partial charge in [-0.25, -0.2) is 9.78 Å². The van der Waals surface area contributed by atoms with Crippen LogP contribution in [0.25, 0.3) is 5.69 Å². The van der Waals surface area contributed by atoms with Gasteiger partial charge in [0.2, 0.25) is 0 Å². The Kier molecular flexibility index (Phi) is 5.84. The molecule has 1 N–H and O–H groups in total. The molecule has 0 aliphatic carbocycles. The van der Waals surface area contributed by atoms with E-state index >= 15 is 0 Å². The summed E-state index contributed by atoms with van der Waals surface area (Å²) in [6.45, 7) is 8.54. The van der Waals surface area contributed by atoms with E-state index in [9.17, 15) is 4.79 Å². The number of aromatic nitrogens is 2. The number of hydrogen-bond acceptors (Lipinski definition) is 4. The molecule has 1 heterocycles. The number of carbonyl (C=O) groups excluding carboxylic acids is 1. The van der Waals surface area contributed by atoms with Gasteiger partial charge in [0.1, 0.15) is 11.4 Å². The van der Waals surface area contributed by atoms with Crippen molar-refractivity contribution in [1.29, 1.82) is 0 Å². The van der Waals surface area contributed by atoms with Crippen molar-refractivity contribution in [2.45, 2.75) is 39.7 Å². The standard InChI is InChI=1S/C18H25N3O3/c1-5-23-16-9-7-6-8-15(16)21-13-19-12-14(21)10-11-20-17(22)24-18(2,3)4/h6-9,12-13H,5,10-11H2,1-4H3,(H,20,22). The smallest absolute Gasteiger partial charge is 0.407 e. The van der Waals surface area contributed by atoms with Crippen molar-refractivity contribution in [3.63, 3.8) is 0 Å². The molecule has 0 unspecified atom stereocenters. The van der Waals surface area contributed by atoms with Crippen LogP contribution >= 0.6 is 0 Å². The molecular formula is C18H25N3O3. The van der Waals surface area contributed by atoms with E-state index in [2.05, 4.69) is 10.3 Å². The number of rotatable bonds is 6. The van der Waals surface area contributed by atoms with Crippen LogP contribution in [0, 0.1) is 0 Å². The van der Waals surface area contributed by atoms with Crippen molar-refractivity contribution in [3.05, 3.63) is 42.5 Å². The van der Waals surface area contributed by atoms with E-state index in [1.165, 1.54) is 0 Å². The molecule has 0 atom stereocenters. The third-order valence-electron chi connectivity index (χ3n) is 3.19. The molecule has 24 heavy (non-hydrogen) atoms. The lowest BCUT2D eigenvalue weighted by atomic mass is 10.2. The molecule has 1 amide bonds. The molecule has 0 spiro atoms. The zero-order valence-corrected chi connectivity index (χ0v) is 14.7. The van der Waals surface area contributed by atoms with Gasteiger partial charge in [-0.15, -0.1) is 0 Å². The van der Waals surface area contributed by atoms with E-state index in [1.807, 2.05) is 56.5 Å². The number of carbonyl (C=O) groups is 1. The zero-order valence-electron chi connectivity index (χ0n) is 14.7. The molecule has 0 fully saturated rings. The van der Waals surface area contributed by atoms with Gasteiger partial charge in [0.15, 0.2) is 0 Å². The molecule has 0 radical (unpaired) electrons. The van der Waals surface area contributed by atoms with Crippen LogP contribution in [0.4, 0.5) is 4.79 Å². The monoisotopic (exact) mass is 331 g/mol. The van der Waals surface area contributed by atoms with E-state index in [0.717, 1.165) is 17.1 Å². The summed E-state index contributed by atoms with van der Waals surface area (Å²) in [5, 5.41) is 2.76. The Morgan fingerprint density at radius 3 is 2.75 bits per heavy atom. The highest BCUT2D eigenvalue weighted by Gasteiger charge is 2.16. The van der Waals surface area contributed by atoms with Crippen molar-refractivity contribution in [2.24, 2.45) is 0 Å². The first-order valence-electron chi connectivity index (χ1n) is 8.11. The molecule has 6 nitrogen and oxygen atoms in total. The number of amides is 1. The molecule has 0 saturated carbocycles. The van der Waals surface area contributed by atoms with E-state index in [1.54, 1.807) is 12.5 Å². The van der Waals surface area contributed by atoms with Gasteiger partial charge >= 0.3 is 6.09 Å². The number of ether oxygens (including phenoxy) is 2. The molecule has 0 saturated heterocycles. The molecule has 1 aromatic heterocycles. The van der Waals surface area contributed by atoms with Crippen molar-refractivity contribution >= 4 is 6.09 Å². The van der Waals surface area contributed by atoms with Crippen molar-refractivity contribution < 1.29 is 14.3 Å². The molecule has 2 rings (SSSR count). The first-order valence-corrected chi connectivity index (χ1v) is 8.11. The van der Waals surface area contributed by atoms with Crippen LogP contribution in [0.5, 0.6) is 5.75 Å². The molecule has 0 aliphatic rings. The van der Waals surface area contributed by atoms with Crippen molar-refractivity contribution in [3.8, 4) is 11.4 Å². The van der Waals surface area contributed by atoms with Gasteiger partial charge in [0.05, 0.1) is 18.6 Å². The number of benzene rings is 1. The Balaban J connectivity index is 2.02. The van der Waals surface area contributed by atoms with Crippen LogP contribution in [0.15, 0.2) is 36.8 Å². The maximum absolute atomic E-state index is 11.7. The normalized spacial score (nSPS) is 11.2. The minimum absolute atomic E-state index is 0.414. The summed E-state index contributed by atoms with van der Waals surface area (Å²) in [5.41, 5.74) is 1.42. The average Bonchev–Trinajstić information content (AvgIpc) is 2.94. The summed E-state index contributed by atoms with van der Waals surface area (Å²) in [7, 11) is 0. The topological polar surface area (TPSA) is 65.4 Å². The average molecular weight is 331 g/mol. The van der Waals surface area contributed by atoms with Crippen LogP contribution in [0.2, 0.25) is 0 Å². The lowest BCUT2D eigenvalue weighted by molar-refractivity contribution is 0.0528. The number of hydrogen-bond donors (Lipinski definition) is 1. The number of nitrogens with one attached hydrogen (secondary N) is 1. The van der Waals surface area contributed by atoms with Gasteiger partial charge in [-0.3, -0.25) is 4.57 Å². The molecule has 0 bridgehead atoms.